The van der Waals surface area contributed by atoms with Crippen LogP contribution in [0.3, 0.4) is 0 Å². The van der Waals surface area contributed by atoms with E-state index < -0.39 is 5.63 Å². The zero-order valence-electron chi connectivity index (χ0n) is 15.1. The summed E-state index contributed by atoms with van der Waals surface area (Å²) in [5, 5.41) is 19.5. The van der Waals surface area contributed by atoms with Crippen LogP contribution in [0.2, 0.25) is 0 Å². The van der Waals surface area contributed by atoms with Gasteiger partial charge in [-0.2, -0.15) is 0 Å². The van der Waals surface area contributed by atoms with Gasteiger partial charge in [-0.05, 0) is 37.1 Å². The SMILES string of the molecule is CCCCCC/C=C/Oc1c(O)c2cc(OCCCO)ccc2oc1=O. The van der Waals surface area contributed by atoms with Gasteiger partial charge in [-0.25, -0.2) is 4.79 Å². The summed E-state index contributed by atoms with van der Waals surface area (Å²) in [5.74, 6) is -0.0122. The largest absolute Gasteiger partial charge is 0.504 e. The first kappa shape index (κ1) is 19.8. The molecule has 0 atom stereocenters. The van der Waals surface area contributed by atoms with Crippen LogP contribution in [0.1, 0.15) is 45.4 Å². The summed E-state index contributed by atoms with van der Waals surface area (Å²) in [5.41, 5.74) is -0.488. The van der Waals surface area contributed by atoms with E-state index in [1.54, 1.807) is 18.2 Å². The van der Waals surface area contributed by atoms with Gasteiger partial charge >= 0.3 is 5.63 Å². The Morgan fingerprint density at radius 1 is 1.19 bits per heavy atom. The van der Waals surface area contributed by atoms with Crippen molar-refractivity contribution in [1.29, 1.82) is 0 Å². The standard InChI is InChI=1S/C20H26O6/c1-2-3-4-5-6-7-12-25-19-18(22)16-14-15(24-13-8-11-21)9-10-17(16)26-20(19)23/h7,9-10,12,14,21-22H,2-6,8,11,13H2,1H3/b12-7+. The minimum Gasteiger partial charge on any atom is -0.504 e. The van der Waals surface area contributed by atoms with Gasteiger partial charge in [0.05, 0.1) is 18.3 Å². The van der Waals surface area contributed by atoms with Crippen molar-refractivity contribution < 1.29 is 24.1 Å². The highest BCUT2D eigenvalue weighted by Gasteiger charge is 2.15. The number of aromatic hydroxyl groups is 1. The molecule has 26 heavy (non-hydrogen) atoms. The molecular weight excluding hydrogens is 336 g/mol. The van der Waals surface area contributed by atoms with Crippen molar-refractivity contribution >= 4 is 11.0 Å². The molecule has 2 N–H and O–H groups in total. The monoisotopic (exact) mass is 362 g/mol. The van der Waals surface area contributed by atoms with Gasteiger partial charge in [0, 0.05) is 13.0 Å². The molecule has 0 saturated heterocycles. The number of unbranched alkanes of at least 4 members (excludes halogenated alkanes) is 4. The molecule has 0 fully saturated rings. The van der Waals surface area contributed by atoms with Crippen LogP contribution in [-0.4, -0.2) is 23.4 Å². The van der Waals surface area contributed by atoms with Crippen molar-refractivity contribution in [3.8, 4) is 17.2 Å². The van der Waals surface area contributed by atoms with Crippen LogP contribution in [0, 0.1) is 0 Å². The third kappa shape index (κ3) is 5.52. The van der Waals surface area contributed by atoms with Gasteiger partial charge in [0.25, 0.3) is 5.75 Å². The van der Waals surface area contributed by atoms with Crippen LogP contribution in [0.15, 0.2) is 39.7 Å². The van der Waals surface area contributed by atoms with E-state index in [2.05, 4.69) is 6.92 Å². The minimum absolute atomic E-state index is 0.0382. The number of ether oxygens (including phenoxy) is 2. The fourth-order valence-corrected chi connectivity index (χ4v) is 2.47. The number of rotatable bonds is 11. The third-order valence-corrected chi connectivity index (χ3v) is 3.89. The molecule has 6 heteroatoms. The van der Waals surface area contributed by atoms with Gasteiger partial charge in [0.15, 0.2) is 5.75 Å². The van der Waals surface area contributed by atoms with E-state index in [1.807, 2.05) is 6.08 Å². The normalized spacial score (nSPS) is 11.3. The second-order valence-electron chi connectivity index (χ2n) is 5.99. The maximum Gasteiger partial charge on any atom is 0.383 e. The average Bonchev–Trinajstić information content (AvgIpc) is 2.64. The molecule has 1 aromatic carbocycles. The zero-order chi connectivity index (χ0) is 18.8. The summed E-state index contributed by atoms with van der Waals surface area (Å²) in [7, 11) is 0. The molecule has 0 unspecified atom stereocenters. The summed E-state index contributed by atoms with van der Waals surface area (Å²) in [6, 6.07) is 4.77. The Labute approximate surface area is 152 Å². The highest BCUT2D eigenvalue weighted by Crippen LogP contribution is 2.33. The Morgan fingerprint density at radius 2 is 2.04 bits per heavy atom. The van der Waals surface area contributed by atoms with E-state index in [-0.39, 0.29) is 23.7 Å². The number of allylic oxidation sites excluding steroid dienone is 1. The summed E-state index contributed by atoms with van der Waals surface area (Å²) < 4.78 is 16.0. The Hall–Kier alpha value is -2.47. The third-order valence-electron chi connectivity index (χ3n) is 3.89. The Morgan fingerprint density at radius 3 is 2.81 bits per heavy atom. The van der Waals surface area contributed by atoms with Crippen LogP contribution in [0.25, 0.3) is 11.0 Å². The maximum absolute atomic E-state index is 12.0. The molecule has 1 aromatic heterocycles. The molecule has 0 radical (unpaired) electrons. The lowest BCUT2D eigenvalue weighted by molar-refractivity contribution is 0.233. The first-order chi connectivity index (χ1) is 12.7. The van der Waals surface area contributed by atoms with Gasteiger partial charge in [0.1, 0.15) is 11.3 Å². The summed E-state index contributed by atoms with van der Waals surface area (Å²) >= 11 is 0. The number of hydrogen-bond donors (Lipinski definition) is 2. The highest BCUT2D eigenvalue weighted by molar-refractivity contribution is 5.86. The lowest BCUT2D eigenvalue weighted by Crippen LogP contribution is -2.04. The van der Waals surface area contributed by atoms with Crippen molar-refractivity contribution in [2.45, 2.75) is 45.4 Å². The van der Waals surface area contributed by atoms with E-state index in [0.717, 1.165) is 19.3 Å². The fraction of sp³-hybridized carbons (Fsp3) is 0.450. The first-order valence-electron chi connectivity index (χ1n) is 9.02. The van der Waals surface area contributed by atoms with E-state index in [1.165, 1.54) is 19.1 Å². The van der Waals surface area contributed by atoms with Gasteiger partial charge in [-0.3, -0.25) is 0 Å². The molecule has 0 saturated carbocycles. The maximum atomic E-state index is 12.0. The second kappa shape index (κ2) is 10.5. The van der Waals surface area contributed by atoms with Gasteiger partial charge in [0.2, 0.25) is 0 Å². The van der Waals surface area contributed by atoms with Crippen LogP contribution >= 0.6 is 0 Å². The van der Waals surface area contributed by atoms with Crippen molar-refractivity contribution in [3.05, 3.63) is 41.0 Å². The molecule has 1 heterocycles. The number of benzene rings is 1. The van der Waals surface area contributed by atoms with E-state index in [0.29, 0.717) is 24.2 Å². The topological polar surface area (TPSA) is 89.1 Å². The van der Waals surface area contributed by atoms with Gasteiger partial charge in [-0.15, -0.1) is 0 Å². The van der Waals surface area contributed by atoms with Gasteiger partial charge < -0.3 is 24.1 Å². The smallest absolute Gasteiger partial charge is 0.383 e. The van der Waals surface area contributed by atoms with Crippen LogP contribution in [0.4, 0.5) is 0 Å². The number of hydrogen-bond acceptors (Lipinski definition) is 6. The molecule has 6 nitrogen and oxygen atoms in total. The summed E-state index contributed by atoms with van der Waals surface area (Å²) in [6.07, 6.45) is 9.18. The molecule has 142 valence electrons. The van der Waals surface area contributed by atoms with Crippen LogP contribution in [0.5, 0.6) is 17.2 Å². The molecule has 0 spiro atoms. The van der Waals surface area contributed by atoms with E-state index in [4.69, 9.17) is 19.0 Å². The Bertz CT molecular complexity index is 778. The predicted molar refractivity (Wildman–Crippen MR) is 99.9 cm³/mol. The molecule has 2 aromatic rings. The predicted octanol–water partition coefficient (Wildman–Crippen LogP) is 4.12. The molecule has 0 aliphatic rings. The average molecular weight is 362 g/mol. The second-order valence-corrected chi connectivity index (χ2v) is 5.99. The molecule has 0 aliphatic carbocycles. The molecule has 0 amide bonds. The van der Waals surface area contributed by atoms with Crippen LogP contribution < -0.4 is 15.1 Å². The van der Waals surface area contributed by atoms with Crippen molar-refractivity contribution in [2.75, 3.05) is 13.2 Å². The number of aliphatic hydroxyl groups excluding tert-OH is 1. The Kier molecular flexibility index (Phi) is 8.02. The summed E-state index contributed by atoms with van der Waals surface area (Å²) in [4.78, 5) is 12.0. The number of aliphatic hydroxyl groups is 1. The Balaban J connectivity index is 2.10. The molecule has 0 bridgehead atoms. The van der Waals surface area contributed by atoms with Gasteiger partial charge in [-0.1, -0.05) is 26.2 Å². The highest BCUT2D eigenvalue weighted by atomic mass is 16.5. The lowest BCUT2D eigenvalue weighted by Gasteiger charge is -2.08. The van der Waals surface area contributed by atoms with Crippen molar-refractivity contribution in [3.63, 3.8) is 0 Å². The van der Waals surface area contributed by atoms with E-state index in [9.17, 15) is 9.90 Å². The molecular formula is C20H26O6. The fourth-order valence-electron chi connectivity index (χ4n) is 2.47. The first-order valence-corrected chi connectivity index (χ1v) is 9.02. The zero-order valence-corrected chi connectivity index (χ0v) is 15.1. The van der Waals surface area contributed by atoms with Crippen LogP contribution in [-0.2, 0) is 0 Å². The van der Waals surface area contributed by atoms with Crippen molar-refractivity contribution in [2.24, 2.45) is 0 Å². The molecule has 2 rings (SSSR count). The minimum atomic E-state index is -0.736. The van der Waals surface area contributed by atoms with Crippen molar-refractivity contribution in [1.82, 2.24) is 0 Å². The quantitative estimate of drug-likeness (QED) is 0.355. The number of fused-ring (bicyclic) bond motifs is 1. The molecule has 0 aliphatic heterocycles. The van der Waals surface area contributed by atoms with E-state index >= 15 is 0 Å². The lowest BCUT2D eigenvalue weighted by atomic mass is 10.1. The summed E-state index contributed by atoms with van der Waals surface area (Å²) in [6.45, 7) is 2.55.